The van der Waals surface area contributed by atoms with Gasteiger partial charge in [0.15, 0.2) is 0 Å². The van der Waals surface area contributed by atoms with Crippen molar-refractivity contribution in [1.29, 1.82) is 0 Å². The third-order valence-corrected chi connectivity index (χ3v) is 2.73. The first kappa shape index (κ1) is 11.1. The molecule has 0 aliphatic carbocycles. The Morgan fingerprint density at radius 2 is 2.38 bits per heavy atom. The van der Waals surface area contributed by atoms with Gasteiger partial charge >= 0.3 is 0 Å². The highest BCUT2D eigenvalue weighted by Crippen LogP contribution is 2.32. The van der Waals surface area contributed by atoms with Gasteiger partial charge in [-0.3, -0.25) is 0 Å². The van der Waals surface area contributed by atoms with E-state index in [0.29, 0.717) is 6.54 Å². The number of aliphatic hydroxyl groups excluding tert-OH is 1. The lowest BCUT2D eigenvalue weighted by molar-refractivity contribution is 0.200. The molecule has 0 spiro atoms. The number of nitrogens with zero attached hydrogens (tertiary/aromatic N) is 1. The fourth-order valence-electron chi connectivity index (χ4n) is 2.01. The quantitative estimate of drug-likeness (QED) is 0.809. The van der Waals surface area contributed by atoms with E-state index in [2.05, 4.69) is 10.2 Å². The lowest BCUT2D eigenvalue weighted by atomic mass is 10.1. The highest BCUT2D eigenvalue weighted by atomic mass is 16.5. The summed E-state index contributed by atoms with van der Waals surface area (Å²) in [6.07, 6.45) is -0.312. The van der Waals surface area contributed by atoms with Gasteiger partial charge in [-0.1, -0.05) is 0 Å². The number of anilines is 2. The fourth-order valence-corrected chi connectivity index (χ4v) is 2.01. The minimum Gasteiger partial charge on any atom is -0.497 e. The molecule has 4 nitrogen and oxygen atoms in total. The Hall–Kier alpha value is -1.42. The van der Waals surface area contributed by atoms with E-state index in [1.807, 2.05) is 25.1 Å². The summed E-state index contributed by atoms with van der Waals surface area (Å²) in [6, 6.07) is 5.97. The zero-order chi connectivity index (χ0) is 11.5. The number of rotatable bonds is 3. The fraction of sp³-hybridized carbons (Fsp3) is 0.500. The molecule has 0 fully saturated rings. The number of nitrogens with one attached hydrogen (secondary N) is 1. The largest absolute Gasteiger partial charge is 0.497 e. The number of aliphatic hydroxyl groups is 1. The zero-order valence-corrected chi connectivity index (χ0v) is 9.73. The zero-order valence-electron chi connectivity index (χ0n) is 9.73. The van der Waals surface area contributed by atoms with E-state index < -0.39 is 0 Å². The molecule has 16 heavy (non-hydrogen) atoms. The van der Waals surface area contributed by atoms with Crippen molar-refractivity contribution >= 4 is 11.4 Å². The van der Waals surface area contributed by atoms with Crippen molar-refractivity contribution in [3.05, 3.63) is 18.2 Å². The molecule has 1 aromatic rings. The summed E-state index contributed by atoms with van der Waals surface area (Å²) in [5, 5.41) is 12.8. The first-order chi connectivity index (χ1) is 7.70. The summed E-state index contributed by atoms with van der Waals surface area (Å²) >= 11 is 0. The maximum atomic E-state index is 9.44. The van der Waals surface area contributed by atoms with Crippen molar-refractivity contribution < 1.29 is 9.84 Å². The molecule has 0 aromatic heterocycles. The van der Waals surface area contributed by atoms with Gasteiger partial charge in [0.2, 0.25) is 0 Å². The highest BCUT2D eigenvalue weighted by molar-refractivity contribution is 5.73. The number of methoxy groups -OCH3 is 1. The van der Waals surface area contributed by atoms with Crippen molar-refractivity contribution in [2.75, 3.05) is 37.0 Å². The van der Waals surface area contributed by atoms with Crippen molar-refractivity contribution in [3.8, 4) is 5.75 Å². The van der Waals surface area contributed by atoms with E-state index in [9.17, 15) is 5.11 Å². The van der Waals surface area contributed by atoms with Crippen LogP contribution in [0.25, 0.3) is 0 Å². The maximum absolute atomic E-state index is 9.44. The van der Waals surface area contributed by atoms with E-state index in [1.165, 1.54) is 0 Å². The van der Waals surface area contributed by atoms with Crippen LogP contribution in [0.15, 0.2) is 18.2 Å². The van der Waals surface area contributed by atoms with Crippen LogP contribution in [-0.2, 0) is 0 Å². The summed E-state index contributed by atoms with van der Waals surface area (Å²) < 4.78 is 5.19. The minimum absolute atomic E-state index is 0.312. The number of hydrogen-bond acceptors (Lipinski definition) is 4. The first-order valence-corrected chi connectivity index (χ1v) is 5.55. The number of benzene rings is 1. The maximum Gasteiger partial charge on any atom is 0.121 e. The SMILES string of the molecule is COc1ccc2c(c1)NCCN2CC(C)O. The molecule has 1 heterocycles. The van der Waals surface area contributed by atoms with Crippen LogP contribution in [-0.4, -0.2) is 38.0 Å². The lowest BCUT2D eigenvalue weighted by Crippen LogP contribution is -2.38. The van der Waals surface area contributed by atoms with Gasteiger partial charge in [0, 0.05) is 25.7 Å². The topological polar surface area (TPSA) is 44.7 Å². The second-order valence-electron chi connectivity index (χ2n) is 4.10. The second-order valence-corrected chi connectivity index (χ2v) is 4.10. The molecule has 0 saturated carbocycles. The molecule has 2 rings (SSSR count). The van der Waals surface area contributed by atoms with Gasteiger partial charge < -0.3 is 20.1 Å². The standard InChI is InChI=1S/C12H18N2O2/c1-9(15)8-14-6-5-13-11-7-10(16-2)3-4-12(11)14/h3-4,7,9,13,15H,5-6,8H2,1-2H3. The van der Waals surface area contributed by atoms with Crippen LogP contribution in [0.1, 0.15) is 6.92 Å². The molecule has 1 unspecified atom stereocenters. The monoisotopic (exact) mass is 222 g/mol. The third-order valence-electron chi connectivity index (χ3n) is 2.73. The molecular formula is C12H18N2O2. The van der Waals surface area contributed by atoms with Crippen LogP contribution < -0.4 is 15.0 Å². The van der Waals surface area contributed by atoms with Crippen LogP contribution in [0.3, 0.4) is 0 Å². The average Bonchev–Trinajstić information content (AvgIpc) is 2.28. The molecule has 0 bridgehead atoms. The lowest BCUT2D eigenvalue weighted by Gasteiger charge is -2.33. The molecular weight excluding hydrogens is 204 g/mol. The Bertz CT molecular complexity index is 366. The third kappa shape index (κ3) is 2.22. The van der Waals surface area contributed by atoms with Crippen LogP contribution in [0.4, 0.5) is 11.4 Å². The Kier molecular flexibility index (Phi) is 3.19. The van der Waals surface area contributed by atoms with Crippen LogP contribution in [0.2, 0.25) is 0 Å². The average molecular weight is 222 g/mol. The Balaban J connectivity index is 2.25. The molecule has 0 radical (unpaired) electrons. The molecule has 1 aliphatic heterocycles. The smallest absolute Gasteiger partial charge is 0.121 e. The molecule has 2 N–H and O–H groups in total. The van der Waals surface area contributed by atoms with Crippen LogP contribution >= 0.6 is 0 Å². The van der Waals surface area contributed by atoms with Crippen molar-refractivity contribution in [2.45, 2.75) is 13.0 Å². The van der Waals surface area contributed by atoms with E-state index in [1.54, 1.807) is 7.11 Å². The van der Waals surface area contributed by atoms with Crippen LogP contribution in [0, 0.1) is 0 Å². The highest BCUT2D eigenvalue weighted by Gasteiger charge is 2.17. The summed E-state index contributed by atoms with van der Waals surface area (Å²) in [6.45, 7) is 4.29. The van der Waals surface area contributed by atoms with E-state index in [-0.39, 0.29) is 6.10 Å². The Morgan fingerprint density at radius 3 is 3.06 bits per heavy atom. The molecule has 1 atom stereocenters. The second kappa shape index (κ2) is 4.61. The number of hydrogen-bond donors (Lipinski definition) is 2. The summed E-state index contributed by atoms with van der Waals surface area (Å²) in [5.74, 6) is 0.852. The van der Waals surface area contributed by atoms with Crippen LogP contribution in [0.5, 0.6) is 5.75 Å². The molecule has 1 aromatic carbocycles. The predicted molar refractivity (Wildman–Crippen MR) is 65.4 cm³/mol. The molecule has 0 amide bonds. The number of fused-ring (bicyclic) bond motifs is 1. The minimum atomic E-state index is -0.312. The summed E-state index contributed by atoms with van der Waals surface area (Å²) in [7, 11) is 1.66. The van der Waals surface area contributed by atoms with Gasteiger partial charge in [-0.25, -0.2) is 0 Å². The Morgan fingerprint density at radius 1 is 1.56 bits per heavy atom. The van der Waals surface area contributed by atoms with Gasteiger partial charge in [0.1, 0.15) is 5.75 Å². The molecule has 4 heteroatoms. The van der Waals surface area contributed by atoms with Crippen molar-refractivity contribution in [3.63, 3.8) is 0 Å². The van der Waals surface area contributed by atoms with Gasteiger partial charge in [0.25, 0.3) is 0 Å². The summed E-state index contributed by atoms with van der Waals surface area (Å²) in [4.78, 5) is 2.19. The number of ether oxygens (including phenoxy) is 1. The Labute approximate surface area is 95.8 Å². The van der Waals surface area contributed by atoms with Crippen molar-refractivity contribution in [2.24, 2.45) is 0 Å². The van der Waals surface area contributed by atoms with Gasteiger partial charge in [-0.15, -0.1) is 0 Å². The van der Waals surface area contributed by atoms with Gasteiger partial charge in [-0.05, 0) is 19.1 Å². The van der Waals surface area contributed by atoms with E-state index in [0.717, 1.165) is 30.2 Å². The van der Waals surface area contributed by atoms with Gasteiger partial charge in [-0.2, -0.15) is 0 Å². The predicted octanol–water partition coefficient (Wildman–Crippen LogP) is 1.31. The molecule has 1 aliphatic rings. The first-order valence-electron chi connectivity index (χ1n) is 5.55. The summed E-state index contributed by atoms with van der Waals surface area (Å²) in [5.41, 5.74) is 2.21. The van der Waals surface area contributed by atoms with E-state index in [4.69, 9.17) is 4.74 Å². The normalized spacial score (nSPS) is 16.3. The molecule has 88 valence electrons. The van der Waals surface area contributed by atoms with Gasteiger partial charge in [0.05, 0.1) is 24.6 Å². The van der Waals surface area contributed by atoms with Crippen molar-refractivity contribution in [1.82, 2.24) is 0 Å². The van der Waals surface area contributed by atoms with E-state index >= 15 is 0 Å². The number of β-amino-alcohol motifs (C(OH)–C–C–N with tert-alkyl or cyclic N) is 1. The molecule has 0 saturated heterocycles.